The highest BCUT2D eigenvalue weighted by molar-refractivity contribution is 5.80. The van der Waals surface area contributed by atoms with Crippen molar-refractivity contribution in [3.8, 4) is 5.75 Å². The van der Waals surface area contributed by atoms with Gasteiger partial charge < -0.3 is 4.89 Å². The van der Waals surface area contributed by atoms with Gasteiger partial charge in [0.15, 0.2) is 5.75 Å². The van der Waals surface area contributed by atoms with Crippen LogP contribution in [0.2, 0.25) is 0 Å². The van der Waals surface area contributed by atoms with E-state index >= 15 is 0 Å². The van der Waals surface area contributed by atoms with Crippen molar-refractivity contribution < 1.29 is 14.6 Å². The lowest BCUT2D eigenvalue weighted by atomic mass is 10.0. The molecule has 1 aromatic carbocycles. The molecule has 1 heterocycles. The summed E-state index contributed by atoms with van der Waals surface area (Å²) < 4.78 is 0. The molecule has 0 saturated carbocycles. The van der Waals surface area contributed by atoms with Crippen LogP contribution in [0.5, 0.6) is 5.75 Å². The molecule has 1 radical (unpaired) electrons. The molecule has 0 spiro atoms. The van der Waals surface area contributed by atoms with Crippen molar-refractivity contribution in [2.45, 2.75) is 19.3 Å². The van der Waals surface area contributed by atoms with Crippen LogP contribution < -0.4 is 4.89 Å². The van der Waals surface area contributed by atoms with E-state index in [1.54, 1.807) is 6.07 Å². The first kappa shape index (κ1) is 9.21. The molecule has 0 bridgehead atoms. The number of hydrogen-bond donors (Lipinski definition) is 0. The van der Waals surface area contributed by atoms with E-state index in [4.69, 9.17) is 9.78 Å². The molecule has 0 aromatic heterocycles. The molecule has 0 saturated heterocycles. The molecule has 14 heavy (non-hydrogen) atoms. The van der Waals surface area contributed by atoms with E-state index in [2.05, 4.69) is 0 Å². The van der Waals surface area contributed by atoms with Crippen molar-refractivity contribution in [1.82, 2.24) is 0 Å². The standard InChI is InChI=1S/C11H11O3/c12-8-10-6-3-5-9-4-1-2-7-13-14-11(9)10/h3,5-6H,1-2,4,7H2. The first-order valence-corrected chi connectivity index (χ1v) is 4.71. The molecule has 0 fully saturated rings. The van der Waals surface area contributed by atoms with E-state index in [-0.39, 0.29) is 0 Å². The van der Waals surface area contributed by atoms with Crippen LogP contribution in [0.1, 0.15) is 24.0 Å². The van der Waals surface area contributed by atoms with Gasteiger partial charge in [-0.3, -0.25) is 4.79 Å². The average molecular weight is 191 g/mol. The van der Waals surface area contributed by atoms with Crippen LogP contribution >= 0.6 is 0 Å². The predicted molar refractivity (Wildman–Crippen MR) is 50.8 cm³/mol. The van der Waals surface area contributed by atoms with E-state index in [0.29, 0.717) is 17.9 Å². The van der Waals surface area contributed by atoms with Crippen molar-refractivity contribution >= 4 is 6.29 Å². The van der Waals surface area contributed by atoms with E-state index in [1.165, 1.54) is 0 Å². The second-order valence-corrected chi connectivity index (χ2v) is 3.26. The third-order valence-corrected chi connectivity index (χ3v) is 2.27. The van der Waals surface area contributed by atoms with Gasteiger partial charge in [0.25, 0.3) is 0 Å². The second-order valence-electron chi connectivity index (χ2n) is 3.26. The monoisotopic (exact) mass is 191 g/mol. The lowest BCUT2D eigenvalue weighted by Crippen LogP contribution is -2.08. The summed E-state index contributed by atoms with van der Waals surface area (Å²) in [5.41, 5.74) is 1.45. The Morgan fingerprint density at radius 1 is 1.29 bits per heavy atom. The molecule has 1 aliphatic rings. The molecule has 73 valence electrons. The summed E-state index contributed by atoms with van der Waals surface area (Å²) in [4.78, 5) is 20.7. The van der Waals surface area contributed by atoms with Gasteiger partial charge in [-0.1, -0.05) is 12.1 Å². The zero-order valence-electron chi connectivity index (χ0n) is 7.79. The average Bonchev–Trinajstić information content (AvgIpc) is 2.18. The molecule has 3 heteroatoms. The maximum absolute atomic E-state index is 10.6. The topological polar surface area (TPSA) is 35.5 Å². The highest BCUT2D eigenvalue weighted by Crippen LogP contribution is 2.26. The van der Waals surface area contributed by atoms with Gasteiger partial charge in [-0.25, -0.2) is 0 Å². The summed E-state index contributed by atoms with van der Waals surface area (Å²) >= 11 is 0. The third kappa shape index (κ3) is 1.77. The molecule has 0 N–H and O–H groups in total. The number of para-hydroxylation sites is 1. The van der Waals surface area contributed by atoms with Crippen molar-refractivity contribution in [1.29, 1.82) is 0 Å². The fourth-order valence-electron chi connectivity index (χ4n) is 1.54. The molecule has 0 unspecified atom stereocenters. The summed E-state index contributed by atoms with van der Waals surface area (Å²) in [6, 6.07) is 5.46. The molecule has 0 amide bonds. The summed E-state index contributed by atoms with van der Waals surface area (Å²) in [5.74, 6) is 0.530. The summed E-state index contributed by atoms with van der Waals surface area (Å²) in [6.45, 7) is 0.576. The highest BCUT2D eigenvalue weighted by atomic mass is 17.2. The fourth-order valence-corrected chi connectivity index (χ4v) is 1.54. The minimum atomic E-state index is 0.435. The van der Waals surface area contributed by atoms with Gasteiger partial charge in [0.2, 0.25) is 6.29 Å². The predicted octanol–water partition coefficient (Wildman–Crippen LogP) is 1.79. The number of fused-ring (bicyclic) bond motifs is 1. The van der Waals surface area contributed by atoms with Gasteiger partial charge in [-0.2, -0.15) is 4.89 Å². The van der Waals surface area contributed by atoms with E-state index in [0.717, 1.165) is 24.8 Å². The lowest BCUT2D eigenvalue weighted by Gasteiger charge is -2.14. The Morgan fingerprint density at radius 2 is 2.21 bits per heavy atom. The number of aryl methyl sites for hydroxylation is 1. The van der Waals surface area contributed by atoms with Crippen molar-refractivity contribution in [2.24, 2.45) is 0 Å². The minimum absolute atomic E-state index is 0.435. The fraction of sp³-hybridized carbons (Fsp3) is 0.364. The Morgan fingerprint density at radius 3 is 3.07 bits per heavy atom. The normalized spacial score (nSPS) is 16.0. The molecule has 2 rings (SSSR count). The van der Waals surface area contributed by atoms with Gasteiger partial charge in [-0.15, -0.1) is 0 Å². The molecule has 0 aliphatic carbocycles. The Labute approximate surface area is 82.6 Å². The van der Waals surface area contributed by atoms with Crippen LogP contribution in [0.4, 0.5) is 0 Å². The molecule has 0 atom stereocenters. The van der Waals surface area contributed by atoms with Gasteiger partial charge in [0.1, 0.15) is 0 Å². The first-order valence-electron chi connectivity index (χ1n) is 4.71. The molecule has 3 nitrogen and oxygen atoms in total. The van der Waals surface area contributed by atoms with Gasteiger partial charge >= 0.3 is 0 Å². The maximum Gasteiger partial charge on any atom is 0.237 e. The summed E-state index contributed by atoms with van der Waals surface area (Å²) in [6.07, 6.45) is 4.81. The van der Waals surface area contributed by atoms with Crippen molar-refractivity contribution in [3.63, 3.8) is 0 Å². The first-order chi connectivity index (χ1) is 6.92. The van der Waals surface area contributed by atoms with Gasteiger partial charge in [-0.05, 0) is 30.9 Å². The zero-order valence-corrected chi connectivity index (χ0v) is 7.79. The van der Waals surface area contributed by atoms with Gasteiger partial charge in [0.05, 0.1) is 12.2 Å². The van der Waals surface area contributed by atoms with Gasteiger partial charge in [0, 0.05) is 0 Å². The second kappa shape index (κ2) is 4.24. The van der Waals surface area contributed by atoms with Crippen LogP contribution in [0.25, 0.3) is 0 Å². The Kier molecular flexibility index (Phi) is 2.79. The zero-order chi connectivity index (χ0) is 9.80. The Balaban J connectivity index is 2.38. The molecule has 1 aromatic rings. The Hall–Kier alpha value is -1.35. The van der Waals surface area contributed by atoms with Crippen LogP contribution in [0, 0.1) is 0 Å². The lowest BCUT2D eigenvalue weighted by molar-refractivity contribution is -0.209. The van der Waals surface area contributed by atoms with Crippen LogP contribution in [0.15, 0.2) is 18.2 Å². The highest BCUT2D eigenvalue weighted by Gasteiger charge is 2.13. The molecular weight excluding hydrogens is 180 g/mol. The van der Waals surface area contributed by atoms with Crippen LogP contribution in [-0.4, -0.2) is 12.9 Å². The third-order valence-electron chi connectivity index (χ3n) is 2.27. The van der Waals surface area contributed by atoms with Crippen molar-refractivity contribution in [2.75, 3.05) is 6.61 Å². The van der Waals surface area contributed by atoms with Crippen LogP contribution in [-0.2, 0) is 16.1 Å². The summed E-state index contributed by atoms with van der Waals surface area (Å²) in [5, 5.41) is 0. The Bertz CT molecular complexity index is 333. The van der Waals surface area contributed by atoms with E-state index < -0.39 is 0 Å². The largest absolute Gasteiger partial charge is 0.336 e. The van der Waals surface area contributed by atoms with Crippen molar-refractivity contribution in [3.05, 3.63) is 29.3 Å². The minimum Gasteiger partial charge on any atom is -0.336 e. The van der Waals surface area contributed by atoms with E-state index in [1.807, 2.05) is 18.4 Å². The molecule has 1 aliphatic heterocycles. The van der Waals surface area contributed by atoms with Crippen LogP contribution in [0.3, 0.4) is 0 Å². The number of hydrogen-bond acceptors (Lipinski definition) is 3. The summed E-state index contributed by atoms with van der Waals surface area (Å²) in [7, 11) is 0. The van der Waals surface area contributed by atoms with E-state index in [9.17, 15) is 4.79 Å². The SMILES string of the molecule is O=[C]c1cccc2c1OOCCCC2. The molecular formula is C11H11O3. The number of carbonyl (C=O) groups excluding carboxylic acids is 1. The quantitative estimate of drug-likeness (QED) is 0.635. The number of rotatable bonds is 1. The maximum atomic E-state index is 10.6. The smallest absolute Gasteiger partial charge is 0.237 e. The number of benzene rings is 1.